The van der Waals surface area contributed by atoms with Crippen LogP contribution >= 0.6 is 11.3 Å². The van der Waals surface area contributed by atoms with Crippen molar-refractivity contribution in [2.24, 2.45) is 5.41 Å². The highest BCUT2D eigenvalue weighted by Gasteiger charge is 2.33. The van der Waals surface area contributed by atoms with Gasteiger partial charge in [0.2, 0.25) is 0 Å². The molecule has 0 radical (unpaired) electrons. The fraction of sp³-hybridized carbons (Fsp3) is 0.409. The van der Waals surface area contributed by atoms with E-state index >= 15 is 0 Å². The van der Waals surface area contributed by atoms with Gasteiger partial charge < -0.3 is 14.9 Å². The number of aliphatic hydroxyl groups is 2. The first-order chi connectivity index (χ1) is 14.9. The van der Waals surface area contributed by atoms with Crippen LogP contribution in [0.1, 0.15) is 55.0 Å². The number of aromatic nitrogens is 5. The van der Waals surface area contributed by atoms with Crippen molar-refractivity contribution in [2.75, 3.05) is 13.2 Å². The molecule has 162 valence electrons. The first kappa shape index (κ1) is 20.2. The number of ether oxygens (including phenoxy) is 1. The standard InChI is InChI=1S/C22H25N5O3S/c1-22(2,11-28)12-30-16-7-5-15(6-8-16)27-10-17(24-25-27)20(29)19-21(14-3-4-14)31-18-9-23-13-26(18)19/h5-10,13-14,20,28-29H,3-4,11-12H2,1-2H3. The Bertz CT molecular complexity index is 1190. The van der Waals surface area contributed by atoms with Crippen LogP contribution in [-0.2, 0) is 0 Å². The van der Waals surface area contributed by atoms with Gasteiger partial charge in [-0.05, 0) is 43.0 Å². The lowest BCUT2D eigenvalue weighted by molar-refractivity contribution is 0.0975. The fourth-order valence-electron chi connectivity index (χ4n) is 3.42. The average molecular weight is 440 g/mol. The van der Waals surface area contributed by atoms with Gasteiger partial charge in [-0.2, -0.15) is 0 Å². The Labute approximate surface area is 183 Å². The van der Waals surface area contributed by atoms with Gasteiger partial charge in [0.05, 0.1) is 37.0 Å². The first-order valence-electron chi connectivity index (χ1n) is 10.3. The van der Waals surface area contributed by atoms with E-state index in [4.69, 9.17) is 4.74 Å². The van der Waals surface area contributed by atoms with Gasteiger partial charge in [-0.3, -0.25) is 4.40 Å². The lowest BCUT2D eigenvalue weighted by Gasteiger charge is -2.21. The number of benzene rings is 1. The Morgan fingerprint density at radius 3 is 2.74 bits per heavy atom. The van der Waals surface area contributed by atoms with Crippen molar-refractivity contribution in [2.45, 2.75) is 38.7 Å². The van der Waals surface area contributed by atoms with E-state index in [0.717, 1.165) is 34.8 Å². The molecule has 1 atom stereocenters. The van der Waals surface area contributed by atoms with Crippen LogP contribution in [0.25, 0.3) is 10.5 Å². The van der Waals surface area contributed by atoms with E-state index in [-0.39, 0.29) is 12.0 Å². The smallest absolute Gasteiger partial charge is 0.141 e. The minimum absolute atomic E-state index is 0.0626. The predicted molar refractivity (Wildman–Crippen MR) is 117 cm³/mol. The van der Waals surface area contributed by atoms with Crippen molar-refractivity contribution in [3.05, 3.63) is 59.3 Å². The van der Waals surface area contributed by atoms with Crippen LogP contribution in [0.4, 0.5) is 0 Å². The van der Waals surface area contributed by atoms with Crippen LogP contribution in [0.5, 0.6) is 5.75 Å². The lowest BCUT2D eigenvalue weighted by Crippen LogP contribution is -2.25. The van der Waals surface area contributed by atoms with Crippen molar-refractivity contribution < 1.29 is 14.9 Å². The van der Waals surface area contributed by atoms with Crippen molar-refractivity contribution in [1.82, 2.24) is 24.4 Å². The van der Waals surface area contributed by atoms with Crippen LogP contribution in [-0.4, -0.2) is 47.8 Å². The van der Waals surface area contributed by atoms with Gasteiger partial charge >= 0.3 is 0 Å². The zero-order valence-electron chi connectivity index (χ0n) is 17.5. The van der Waals surface area contributed by atoms with Crippen LogP contribution in [0, 0.1) is 5.41 Å². The maximum atomic E-state index is 11.1. The molecule has 31 heavy (non-hydrogen) atoms. The lowest BCUT2D eigenvalue weighted by atomic mass is 9.97. The van der Waals surface area contributed by atoms with Gasteiger partial charge in [-0.15, -0.1) is 16.4 Å². The second kappa shape index (κ2) is 7.74. The maximum absolute atomic E-state index is 11.1. The van der Waals surface area contributed by atoms with Crippen LogP contribution in [0.3, 0.4) is 0 Å². The number of rotatable bonds is 8. The third-order valence-electron chi connectivity index (χ3n) is 5.49. The molecule has 5 rings (SSSR count). The van der Waals surface area contributed by atoms with Crippen molar-refractivity contribution in [3.63, 3.8) is 0 Å². The minimum Gasteiger partial charge on any atom is -0.493 e. The summed E-state index contributed by atoms with van der Waals surface area (Å²) in [5.74, 6) is 1.24. The fourth-order valence-corrected chi connectivity index (χ4v) is 4.71. The molecule has 0 spiro atoms. The molecule has 0 saturated heterocycles. The molecule has 1 unspecified atom stereocenters. The Kier molecular flexibility index (Phi) is 5.04. The summed E-state index contributed by atoms with van der Waals surface area (Å²) in [6, 6.07) is 7.50. The predicted octanol–water partition coefficient (Wildman–Crippen LogP) is 3.33. The number of thiazole rings is 1. The molecular weight excluding hydrogens is 414 g/mol. The molecule has 3 aromatic heterocycles. The van der Waals surface area contributed by atoms with E-state index in [2.05, 4.69) is 15.3 Å². The van der Waals surface area contributed by atoms with E-state index in [9.17, 15) is 10.2 Å². The number of nitrogens with zero attached hydrogens (tertiary/aromatic N) is 5. The van der Waals surface area contributed by atoms with E-state index in [1.54, 1.807) is 28.5 Å². The Morgan fingerprint density at radius 2 is 2.03 bits per heavy atom. The molecule has 8 nitrogen and oxygen atoms in total. The average Bonchev–Trinajstić information content (AvgIpc) is 3.17. The number of hydrogen-bond donors (Lipinski definition) is 2. The largest absolute Gasteiger partial charge is 0.493 e. The number of imidazole rings is 1. The highest BCUT2D eigenvalue weighted by molar-refractivity contribution is 7.17. The summed E-state index contributed by atoms with van der Waals surface area (Å²) in [7, 11) is 0. The highest BCUT2D eigenvalue weighted by atomic mass is 32.1. The van der Waals surface area contributed by atoms with Crippen molar-refractivity contribution >= 4 is 16.2 Å². The molecule has 0 amide bonds. The minimum atomic E-state index is -0.865. The van der Waals surface area contributed by atoms with Crippen molar-refractivity contribution in [1.29, 1.82) is 0 Å². The van der Waals surface area contributed by atoms with Gasteiger partial charge in [0.25, 0.3) is 0 Å². The Balaban J connectivity index is 1.36. The van der Waals surface area contributed by atoms with Gasteiger partial charge in [-0.25, -0.2) is 9.67 Å². The molecule has 4 aromatic rings. The molecule has 1 fully saturated rings. The second-order valence-corrected chi connectivity index (χ2v) is 9.89. The highest BCUT2D eigenvalue weighted by Crippen LogP contribution is 2.47. The monoisotopic (exact) mass is 439 g/mol. The number of fused-ring (bicyclic) bond motifs is 1. The molecule has 1 aromatic carbocycles. The van der Waals surface area contributed by atoms with Gasteiger partial charge in [0.1, 0.15) is 28.7 Å². The molecular formula is C22H25N5O3S. The number of aliphatic hydroxyl groups excluding tert-OH is 2. The summed E-state index contributed by atoms with van der Waals surface area (Å²) in [4.78, 5) is 6.46. The maximum Gasteiger partial charge on any atom is 0.141 e. The summed E-state index contributed by atoms with van der Waals surface area (Å²) in [6.07, 6.45) is 6.79. The topological polar surface area (TPSA) is 97.7 Å². The van der Waals surface area contributed by atoms with Crippen LogP contribution in [0.15, 0.2) is 43.0 Å². The number of hydrogen-bond acceptors (Lipinski definition) is 7. The summed E-state index contributed by atoms with van der Waals surface area (Å²) in [5.41, 5.74) is 1.87. The van der Waals surface area contributed by atoms with Crippen LogP contribution in [0.2, 0.25) is 0 Å². The zero-order chi connectivity index (χ0) is 21.6. The van der Waals surface area contributed by atoms with Gasteiger partial charge in [0.15, 0.2) is 0 Å². The van der Waals surface area contributed by atoms with E-state index in [1.165, 1.54) is 4.88 Å². The zero-order valence-corrected chi connectivity index (χ0v) is 18.3. The molecule has 0 bridgehead atoms. The third-order valence-corrected chi connectivity index (χ3v) is 6.76. The molecule has 3 heterocycles. The summed E-state index contributed by atoms with van der Waals surface area (Å²) < 4.78 is 9.37. The summed E-state index contributed by atoms with van der Waals surface area (Å²) in [6.45, 7) is 4.38. The first-order valence-corrected chi connectivity index (χ1v) is 11.2. The quantitative estimate of drug-likeness (QED) is 0.437. The molecule has 1 aliphatic carbocycles. The van der Waals surface area contributed by atoms with Gasteiger partial charge in [0, 0.05) is 10.3 Å². The van der Waals surface area contributed by atoms with Crippen molar-refractivity contribution in [3.8, 4) is 11.4 Å². The summed E-state index contributed by atoms with van der Waals surface area (Å²) >= 11 is 1.69. The Hall–Kier alpha value is -2.75. The molecule has 9 heteroatoms. The normalized spacial score (nSPS) is 15.5. The third kappa shape index (κ3) is 3.96. The molecule has 1 aliphatic rings. The Morgan fingerprint density at radius 1 is 1.26 bits per heavy atom. The van der Waals surface area contributed by atoms with Gasteiger partial charge in [-0.1, -0.05) is 19.1 Å². The molecule has 2 N–H and O–H groups in total. The van der Waals surface area contributed by atoms with Crippen LogP contribution < -0.4 is 4.74 Å². The molecule has 1 saturated carbocycles. The van der Waals surface area contributed by atoms with E-state index < -0.39 is 6.10 Å². The second-order valence-electron chi connectivity index (χ2n) is 8.82. The van der Waals surface area contributed by atoms with E-state index in [0.29, 0.717) is 18.2 Å². The molecule has 0 aliphatic heterocycles. The summed E-state index contributed by atoms with van der Waals surface area (Å²) in [5, 5.41) is 28.9. The SMILES string of the molecule is CC(C)(CO)COc1ccc(-n2cc(C(O)c3c(C4CC4)sc4cncn34)nn2)cc1. The van der Waals surface area contributed by atoms with E-state index in [1.807, 2.05) is 48.7 Å².